The normalized spacial score (nSPS) is 16.0. The third-order valence-electron chi connectivity index (χ3n) is 4.40. The molecule has 0 spiro atoms. The zero-order valence-electron chi connectivity index (χ0n) is 15.4. The highest BCUT2D eigenvalue weighted by Crippen LogP contribution is 2.22. The summed E-state index contributed by atoms with van der Waals surface area (Å²) < 4.78 is 15.9. The molecule has 0 aliphatic carbocycles. The summed E-state index contributed by atoms with van der Waals surface area (Å²) in [6, 6.07) is 10.1. The molecule has 0 N–H and O–H groups in total. The minimum absolute atomic E-state index is 0.106. The van der Waals surface area contributed by atoms with Gasteiger partial charge in [-0.05, 0) is 31.0 Å². The molecule has 0 saturated carbocycles. The van der Waals surface area contributed by atoms with Crippen molar-refractivity contribution in [2.24, 2.45) is 0 Å². The SMILES string of the molecule is COC(=O)c1ccccc1N(C)C(=O)c1ccc(OCC2CCCO2)nc1. The molecular weight excluding hydrogens is 348 g/mol. The van der Waals surface area contributed by atoms with E-state index in [2.05, 4.69) is 4.98 Å². The average molecular weight is 370 g/mol. The zero-order chi connectivity index (χ0) is 19.2. The van der Waals surface area contributed by atoms with Crippen molar-refractivity contribution < 1.29 is 23.8 Å². The van der Waals surface area contributed by atoms with Gasteiger partial charge in [-0.2, -0.15) is 0 Å². The molecule has 3 rings (SSSR count). The third kappa shape index (κ3) is 4.43. The Hall–Kier alpha value is -2.93. The smallest absolute Gasteiger partial charge is 0.339 e. The fraction of sp³-hybridized carbons (Fsp3) is 0.350. The number of benzene rings is 1. The summed E-state index contributed by atoms with van der Waals surface area (Å²) in [5.41, 5.74) is 1.18. The van der Waals surface area contributed by atoms with Gasteiger partial charge < -0.3 is 19.1 Å². The van der Waals surface area contributed by atoms with Crippen molar-refractivity contribution in [2.75, 3.05) is 32.3 Å². The highest BCUT2D eigenvalue weighted by atomic mass is 16.5. The first kappa shape index (κ1) is 18.8. The highest BCUT2D eigenvalue weighted by molar-refractivity contribution is 6.09. The largest absolute Gasteiger partial charge is 0.475 e. The van der Waals surface area contributed by atoms with E-state index >= 15 is 0 Å². The van der Waals surface area contributed by atoms with Gasteiger partial charge >= 0.3 is 5.97 Å². The molecule has 1 aliphatic rings. The van der Waals surface area contributed by atoms with Gasteiger partial charge in [0.25, 0.3) is 5.91 Å². The fourth-order valence-electron chi connectivity index (χ4n) is 2.90. The van der Waals surface area contributed by atoms with Crippen LogP contribution in [-0.2, 0) is 9.47 Å². The van der Waals surface area contributed by atoms with Crippen LogP contribution >= 0.6 is 0 Å². The van der Waals surface area contributed by atoms with Gasteiger partial charge in [-0.15, -0.1) is 0 Å². The van der Waals surface area contributed by atoms with E-state index in [1.54, 1.807) is 43.4 Å². The predicted molar refractivity (Wildman–Crippen MR) is 99.2 cm³/mol. The summed E-state index contributed by atoms with van der Waals surface area (Å²) in [4.78, 5) is 30.3. The second-order valence-corrected chi connectivity index (χ2v) is 6.20. The van der Waals surface area contributed by atoms with Crippen LogP contribution in [0.4, 0.5) is 5.69 Å². The summed E-state index contributed by atoms with van der Waals surface area (Å²) in [6.07, 6.45) is 3.61. The van der Waals surface area contributed by atoms with Crippen LogP contribution in [-0.4, -0.2) is 50.3 Å². The Kier molecular flexibility index (Phi) is 6.03. The van der Waals surface area contributed by atoms with Crippen LogP contribution < -0.4 is 9.64 Å². The number of nitrogens with zero attached hydrogens (tertiary/aromatic N) is 2. The Morgan fingerprint density at radius 1 is 1.26 bits per heavy atom. The highest BCUT2D eigenvalue weighted by Gasteiger charge is 2.20. The number of aromatic nitrogens is 1. The van der Waals surface area contributed by atoms with Crippen molar-refractivity contribution in [1.82, 2.24) is 4.98 Å². The Bertz CT molecular complexity index is 800. The van der Waals surface area contributed by atoms with E-state index in [1.807, 2.05) is 0 Å². The molecule has 7 heteroatoms. The molecule has 0 bridgehead atoms. The molecule has 7 nitrogen and oxygen atoms in total. The maximum atomic E-state index is 12.8. The Labute approximate surface area is 157 Å². The number of amides is 1. The minimum atomic E-state index is -0.499. The van der Waals surface area contributed by atoms with E-state index in [4.69, 9.17) is 14.2 Å². The number of pyridine rings is 1. The number of hydrogen-bond donors (Lipinski definition) is 0. The van der Waals surface area contributed by atoms with E-state index in [1.165, 1.54) is 18.2 Å². The first-order valence-corrected chi connectivity index (χ1v) is 8.76. The molecule has 1 atom stereocenters. The fourth-order valence-corrected chi connectivity index (χ4v) is 2.90. The van der Waals surface area contributed by atoms with Crippen molar-refractivity contribution in [3.8, 4) is 5.88 Å². The number of para-hydroxylation sites is 1. The molecule has 1 amide bonds. The van der Waals surface area contributed by atoms with E-state index in [9.17, 15) is 9.59 Å². The number of ether oxygens (including phenoxy) is 3. The second-order valence-electron chi connectivity index (χ2n) is 6.20. The molecule has 1 aliphatic heterocycles. The molecule has 2 heterocycles. The topological polar surface area (TPSA) is 78.0 Å². The first-order chi connectivity index (χ1) is 13.1. The maximum absolute atomic E-state index is 12.8. The van der Waals surface area contributed by atoms with Gasteiger partial charge in [0.1, 0.15) is 6.61 Å². The molecule has 0 radical (unpaired) electrons. The monoisotopic (exact) mass is 370 g/mol. The standard InChI is InChI=1S/C20H22N2O5/c1-22(17-8-4-3-7-16(17)20(24)25-2)19(23)14-9-10-18(21-12-14)27-13-15-6-5-11-26-15/h3-4,7-10,12,15H,5-6,11,13H2,1-2H3. The number of carbonyl (C=O) groups excluding carboxylic acids is 2. The molecule has 27 heavy (non-hydrogen) atoms. The third-order valence-corrected chi connectivity index (χ3v) is 4.40. The van der Waals surface area contributed by atoms with E-state index in [0.29, 0.717) is 29.3 Å². The van der Waals surface area contributed by atoms with Gasteiger partial charge in [0.2, 0.25) is 5.88 Å². The number of esters is 1. The van der Waals surface area contributed by atoms with E-state index < -0.39 is 5.97 Å². The van der Waals surface area contributed by atoms with E-state index in [-0.39, 0.29) is 12.0 Å². The van der Waals surface area contributed by atoms with Gasteiger partial charge in [-0.1, -0.05) is 12.1 Å². The summed E-state index contributed by atoms with van der Waals surface area (Å²) >= 11 is 0. The van der Waals surface area contributed by atoms with Crippen molar-refractivity contribution in [3.05, 3.63) is 53.7 Å². The summed E-state index contributed by atoms with van der Waals surface area (Å²) in [6.45, 7) is 1.22. The average Bonchev–Trinajstić information content (AvgIpc) is 3.24. The van der Waals surface area contributed by atoms with Crippen LogP contribution in [0.15, 0.2) is 42.6 Å². The lowest BCUT2D eigenvalue weighted by atomic mass is 10.1. The number of rotatable bonds is 6. The maximum Gasteiger partial charge on any atom is 0.339 e. The van der Waals surface area contributed by atoms with Gasteiger partial charge in [-0.3, -0.25) is 4.79 Å². The van der Waals surface area contributed by atoms with Crippen LogP contribution in [0, 0.1) is 0 Å². The van der Waals surface area contributed by atoms with E-state index in [0.717, 1.165) is 19.4 Å². The van der Waals surface area contributed by atoms with Crippen molar-refractivity contribution in [2.45, 2.75) is 18.9 Å². The Balaban J connectivity index is 1.69. The van der Waals surface area contributed by atoms with Crippen molar-refractivity contribution >= 4 is 17.6 Å². The summed E-state index contributed by atoms with van der Waals surface area (Å²) in [5.74, 6) is -0.342. The predicted octanol–water partition coefficient (Wildman–Crippen LogP) is 2.70. The number of carbonyl (C=O) groups is 2. The zero-order valence-corrected chi connectivity index (χ0v) is 15.4. The van der Waals surface area contributed by atoms with Gasteiger partial charge in [0, 0.05) is 25.9 Å². The number of methoxy groups -OCH3 is 1. The number of anilines is 1. The summed E-state index contributed by atoms with van der Waals surface area (Å²) in [7, 11) is 2.91. The van der Waals surface area contributed by atoms with Gasteiger partial charge in [0.15, 0.2) is 0 Å². The molecule has 1 fully saturated rings. The molecule has 2 aromatic rings. The lowest BCUT2D eigenvalue weighted by Crippen LogP contribution is -2.28. The Morgan fingerprint density at radius 2 is 2.07 bits per heavy atom. The minimum Gasteiger partial charge on any atom is -0.475 e. The van der Waals surface area contributed by atoms with Crippen molar-refractivity contribution in [3.63, 3.8) is 0 Å². The number of hydrogen-bond acceptors (Lipinski definition) is 6. The molecular formula is C20H22N2O5. The van der Waals surface area contributed by atoms with Gasteiger partial charge in [-0.25, -0.2) is 9.78 Å². The van der Waals surface area contributed by atoms with Crippen molar-refractivity contribution in [1.29, 1.82) is 0 Å². The molecule has 1 unspecified atom stereocenters. The van der Waals surface area contributed by atoms with Crippen LogP contribution in [0.2, 0.25) is 0 Å². The van der Waals surface area contributed by atoms with Crippen LogP contribution in [0.1, 0.15) is 33.6 Å². The van der Waals surface area contributed by atoms with Gasteiger partial charge in [0.05, 0.1) is 30.0 Å². The molecule has 1 aromatic heterocycles. The second kappa shape index (κ2) is 8.64. The lowest BCUT2D eigenvalue weighted by molar-refractivity contribution is 0.0601. The van der Waals surface area contributed by atoms with Crippen LogP contribution in [0.5, 0.6) is 5.88 Å². The first-order valence-electron chi connectivity index (χ1n) is 8.76. The quantitative estimate of drug-likeness (QED) is 0.728. The van der Waals surface area contributed by atoms with Crippen LogP contribution in [0.25, 0.3) is 0 Å². The Morgan fingerprint density at radius 3 is 2.74 bits per heavy atom. The lowest BCUT2D eigenvalue weighted by Gasteiger charge is -2.20. The molecule has 1 aromatic carbocycles. The molecule has 142 valence electrons. The summed E-state index contributed by atoms with van der Waals surface area (Å²) in [5, 5.41) is 0. The molecule has 1 saturated heterocycles. The van der Waals surface area contributed by atoms with Crippen LogP contribution in [0.3, 0.4) is 0 Å².